The normalized spacial score (nSPS) is 19.7. The maximum atomic E-state index is 12.3. The fraction of sp³-hybridized carbons (Fsp3) is 0.467. The Morgan fingerprint density at radius 1 is 1.32 bits per heavy atom. The highest BCUT2D eigenvalue weighted by Crippen LogP contribution is 2.23. The summed E-state index contributed by atoms with van der Waals surface area (Å²) in [5.74, 6) is 0. The largest absolute Gasteiger partial charge is 0.361 e. The fourth-order valence-corrected chi connectivity index (χ4v) is 4.37. The molecule has 3 rings (SSSR count). The highest BCUT2D eigenvalue weighted by molar-refractivity contribution is 7.86. The van der Waals surface area contributed by atoms with Gasteiger partial charge in [-0.15, -0.1) is 0 Å². The average molecular weight is 322 g/mol. The zero-order valence-corrected chi connectivity index (χ0v) is 13.6. The smallest absolute Gasteiger partial charge is 0.282 e. The second-order valence-electron chi connectivity index (χ2n) is 5.75. The lowest BCUT2D eigenvalue weighted by Crippen LogP contribution is -2.47. The molecule has 120 valence electrons. The van der Waals surface area contributed by atoms with E-state index in [1.54, 1.807) is 11.4 Å². The van der Waals surface area contributed by atoms with Crippen molar-refractivity contribution in [2.45, 2.75) is 19.4 Å². The van der Waals surface area contributed by atoms with Crippen LogP contribution in [0.4, 0.5) is 0 Å². The number of nitrogens with one attached hydrogen (secondary N) is 1. The predicted molar refractivity (Wildman–Crippen MR) is 87.6 cm³/mol. The number of fused-ring (bicyclic) bond motifs is 1. The molecule has 0 saturated carbocycles. The third-order valence-electron chi connectivity index (χ3n) is 4.21. The minimum absolute atomic E-state index is 0.413. The van der Waals surface area contributed by atoms with E-state index in [0.29, 0.717) is 26.2 Å². The number of H-pyrrole nitrogens is 1. The van der Waals surface area contributed by atoms with Crippen molar-refractivity contribution in [2.75, 3.05) is 26.7 Å². The van der Waals surface area contributed by atoms with E-state index in [0.717, 1.165) is 29.3 Å². The van der Waals surface area contributed by atoms with Crippen LogP contribution in [0.1, 0.15) is 17.5 Å². The number of aromatic nitrogens is 1. The monoisotopic (exact) mass is 322 g/mol. The van der Waals surface area contributed by atoms with Crippen LogP contribution in [-0.2, 0) is 23.2 Å². The molecule has 6 nitrogen and oxygen atoms in total. The Morgan fingerprint density at radius 3 is 2.91 bits per heavy atom. The van der Waals surface area contributed by atoms with E-state index < -0.39 is 10.2 Å². The molecule has 22 heavy (non-hydrogen) atoms. The van der Waals surface area contributed by atoms with Crippen LogP contribution >= 0.6 is 0 Å². The zero-order valence-electron chi connectivity index (χ0n) is 12.7. The lowest BCUT2D eigenvalue weighted by Gasteiger charge is -2.32. The summed E-state index contributed by atoms with van der Waals surface area (Å²) >= 11 is 0. The third kappa shape index (κ3) is 2.77. The second-order valence-corrected chi connectivity index (χ2v) is 7.78. The van der Waals surface area contributed by atoms with Gasteiger partial charge in [-0.05, 0) is 42.6 Å². The molecule has 0 amide bonds. The maximum absolute atomic E-state index is 12.3. The van der Waals surface area contributed by atoms with Crippen molar-refractivity contribution in [3.63, 3.8) is 0 Å². The molecule has 0 aliphatic carbocycles. The summed E-state index contributed by atoms with van der Waals surface area (Å²) in [6.45, 7) is 2.18. The van der Waals surface area contributed by atoms with Crippen LogP contribution in [0, 0.1) is 0 Å². The summed E-state index contributed by atoms with van der Waals surface area (Å²) in [6.07, 6.45) is 3.65. The van der Waals surface area contributed by atoms with Crippen LogP contribution in [0.15, 0.2) is 24.4 Å². The molecule has 2 aromatic rings. The Hall–Kier alpha value is -1.41. The van der Waals surface area contributed by atoms with Crippen molar-refractivity contribution in [2.24, 2.45) is 5.73 Å². The number of nitrogens with zero attached hydrogens (tertiary/aromatic N) is 2. The summed E-state index contributed by atoms with van der Waals surface area (Å²) in [5, 5.41) is 1.13. The first-order valence-electron chi connectivity index (χ1n) is 7.53. The molecule has 0 unspecified atom stereocenters. The zero-order chi connectivity index (χ0) is 15.7. The fourth-order valence-electron chi connectivity index (χ4n) is 2.95. The molecule has 1 aliphatic heterocycles. The molecule has 7 heteroatoms. The molecule has 1 saturated heterocycles. The quantitative estimate of drug-likeness (QED) is 0.883. The van der Waals surface area contributed by atoms with Crippen LogP contribution in [-0.4, -0.2) is 48.7 Å². The standard InChI is InChI=1S/C15H22N4O2S/c1-18-7-2-8-19(22(18,20)21)11-12-3-4-15-14(9-12)13(5-6-16)10-17-15/h3-4,9-10,17H,2,5-8,11,16H2,1H3. The highest BCUT2D eigenvalue weighted by Gasteiger charge is 2.30. The number of aromatic amines is 1. The van der Waals surface area contributed by atoms with Crippen LogP contribution in [0.3, 0.4) is 0 Å². The lowest BCUT2D eigenvalue weighted by atomic mass is 10.1. The molecule has 0 spiro atoms. The minimum atomic E-state index is -3.32. The molecule has 0 atom stereocenters. The van der Waals surface area contributed by atoms with E-state index in [2.05, 4.69) is 11.1 Å². The van der Waals surface area contributed by atoms with Crippen molar-refractivity contribution in [1.29, 1.82) is 0 Å². The van der Waals surface area contributed by atoms with Gasteiger partial charge in [-0.3, -0.25) is 0 Å². The van der Waals surface area contributed by atoms with Crippen LogP contribution in [0.5, 0.6) is 0 Å². The molecular weight excluding hydrogens is 300 g/mol. The van der Waals surface area contributed by atoms with E-state index in [-0.39, 0.29) is 0 Å². The first-order chi connectivity index (χ1) is 10.5. The van der Waals surface area contributed by atoms with Gasteiger partial charge in [0.25, 0.3) is 10.2 Å². The van der Waals surface area contributed by atoms with Crippen LogP contribution in [0.25, 0.3) is 10.9 Å². The molecule has 0 bridgehead atoms. The number of rotatable bonds is 4. The molecular formula is C15H22N4O2S. The first-order valence-corrected chi connectivity index (χ1v) is 8.92. The molecule has 2 heterocycles. The van der Waals surface area contributed by atoms with Gasteiger partial charge >= 0.3 is 0 Å². The molecule has 1 aromatic heterocycles. The Labute approximate surface area is 131 Å². The Balaban J connectivity index is 1.89. The topological polar surface area (TPSA) is 82.4 Å². The highest BCUT2D eigenvalue weighted by atomic mass is 32.2. The van der Waals surface area contributed by atoms with E-state index in [1.807, 2.05) is 18.3 Å². The van der Waals surface area contributed by atoms with Gasteiger partial charge < -0.3 is 10.7 Å². The molecule has 1 aromatic carbocycles. The first kappa shape index (κ1) is 15.5. The number of nitrogens with two attached hydrogens (primary N) is 1. The van der Waals surface area contributed by atoms with Crippen molar-refractivity contribution in [3.8, 4) is 0 Å². The number of hydrogen-bond donors (Lipinski definition) is 2. The van der Waals surface area contributed by atoms with E-state index in [1.165, 1.54) is 9.87 Å². The maximum Gasteiger partial charge on any atom is 0.282 e. The van der Waals surface area contributed by atoms with Gasteiger partial charge in [-0.25, -0.2) is 0 Å². The van der Waals surface area contributed by atoms with E-state index in [4.69, 9.17) is 5.73 Å². The Morgan fingerprint density at radius 2 is 2.14 bits per heavy atom. The number of hydrogen-bond acceptors (Lipinski definition) is 3. The van der Waals surface area contributed by atoms with Crippen molar-refractivity contribution >= 4 is 21.1 Å². The second kappa shape index (κ2) is 6.00. The van der Waals surface area contributed by atoms with Gasteiger partial charge in [0, 0.05) is 43.8 Å². The minimum Gasteiger partial charge on any atom is -0.361 e. The van der Waals surface area contributed by atoms with Gasteiger partial charge in [-0.1, -0.05) is 6.07 Å². The van der Waals surface area contributed by atoms with Gasteiger partial charge in [0.05, 0.1) is 0 Å². The molecule has 0 radical (unpaired) electrons. The molecule has 1 fully saturated rings. The van der Waals surface area contributed by atoms with Crippen molar-refractivity contribution < 1.29 is 8.42 Å². The number of benzene rings is 1. The van der Waals surface area contributed by atoms with Gasteiger partial charge in [0.15, 0.2) is 0 Å². The summed E-state index contributed by atoms with van der Waals surface area (Å²) < 4.78 is 27.6. The molecule has 1 aliphatic rings. The van der Waals surface area contributed by atoms with Gasteiger partial charge in [0.2, 0.25) is 0 Å². The van der Waals surface area contributed by atoms with Crippen LogP contribution < -0.4 is 5.73 Å². The lowest BCUT2D eigenvalue weighted by molar-refractivity contribution is 0.303. The predicted octanol–water partition coefficient (Wildman–Crippen LogP) is 1.05. The average Bonchev–Trinajstić information content (AvgIpc) is 2.88. The summed E-state index contributed by atoms with van der Waals surface area (Å²) in [6, 6.07) is 6.06. The third-order valence-corrected chi connectivity index (χ3v) is 6.14. The summed E-state index contributed by atoms with van der Waals surface area (Å²) in [7, 11) is -1.69. The van der Waals surface area contributed by atoms with Gasteiger partial charge in [0.1, 0.15) is 0 Å². The van der Waals surface area contributed by atoms with Crippen LogP contribution in [0.2, 0.25) is 0 Å². The molecule has 3 N–H and O–H groups in total. The van der Waals surface area contributed by atoms with Crippen molar-refractivity contribution in [3.05, 3.63) is 35.5 Å². The van der Waals surface area contributed by atoms with E-state index >= 15 is 0 Å². The summed E-state index contributed by atoms with van der Waals surface area (Å²) in [5.41, 5.74) is 8.89. The van der Waals surface area contributed by atoms with Gasteiger partial charge in [-0.2, -0.15) is 17.0 Å². The Kier molecular flexibility index (Phi) is 4.22. The van der Waals surface area contributed by atoms with Crippen molar-refractivity contribution in [1.82, 2.24) is 13.6 Å². The Bertz CT molecular complexity index is 769. The van der Waals surface area contributed by atoms with E-state index in [9.17, 15) is 8.42 Å². The SMILES string of the molecule is CN1CCCN(Cc2ccc3[nH]cc(CCN)c3c2)S1(=O)=O. The summed E-state index contributed by atoms with van der Waals surface area (Å²) in [4.78, 5) is 3.23.